The molecule has 6 heteroatoms. The van der Waals surface area contributed by atoms with E-state index in [0.29, 0.717) is 32.6 Å². The number of aliphatic hydroxyl groups is 1. The van der Waals surface area contributed by atoms with E-state index in [4.69, 9.17) is 14.2 Å². The van der Waals surface area contributed by atoms with Gasteiger partial charge in [-0.2, -0.15) is 0 Å². The lowest BCUT2D eigenvalue weighted by atomic mass is 9.77. The molecule has 0 radical (unpaired) electrons. The Labute approximate surface area is 138 Å². The van der Waals surface area contributed by atoms with Crippen LogP contribution in [0.1, 0.15) is 52.9 Å². The molecule has 0 aromatic heterocycles. The number of carbonyl (C=O) groups is 1. The molecule has 0 aromatic carbocycles. The Morgan fingerprint density at radius 2 is 1.96 bits per heavy atom. The lowest BCUT2D eigenvalue weighted by Gasteiger charge is -2.43. The molecule has 23 heavy (non-hydrogen) atoms. The van der Waals surface area contributed by atoms with Gasteiger partial charge in [-0.1, -0.05) is 0 Å². The SMILES string of the molecule is CC(C)(C)OC(=O)N1CCCC1C1CC2(CCC1O)OCCO2. The van der Waals surface area contributed by atoms with Crippen molar-refractivity contribution in [3.63, 3.8) is 0 Å². The maximum atomic E-state index is 12.5. The van der Waals surface area contributed by atoms with Gasteiger partial charge >= 0.3 is 6.09 Å². The number of hydrogen-bond acceptors (Lipinski definition) is 5. The molecule has 2 saturated heterocycles. The van der Waals surface area contributed by atoms with Crippen LogP contribution in [0.2, 0.25) is 0 Å². The van der Waals surface area contributed by atoms with Gasteiger partial charge in [0, 0.05) is 31.3 Å². The molecule has 0 bridgehead atoms. The standard InChI is InChI=1S/C17H29NO5/c1-16(2,3)23-15(20)18-8-4-5-13(18)12-11-17(7-6-14(12)19)21-9-10-22-17/h12-14,19H,4-11H2,1-3H3. The van der Waals surface area contributed by atoms with Crippen LogP contribution in [0.4, 0.5) is 4.79 Å². The summed E-state index contributed by atoms with van der Waals surface area (Å²) in [4.78, 5) is 14.3. The summed E-state index contributed by atoms with van der Waals surface area (Å²) in [5.74, 6) is -0.566. The van der Waals surface area contributed by atoms with Crippen molar-refractivity contribution in [1.29, 1.82) is 0 Å². The van der Waals surface area contributed by atoms with Gasteiger partial charge in [0.25, 0.3) is 0 Å². The minimum atomic E-state index is -0.550. The van der Waals surface area contributed by atoms with Crippen LogP contribution in [0.25, 0.3) is 0 Å². The van der Waals surface area contributed by atoms with Crippen molar-refractivity contribution >= 4 is 6.09 Å². The highest BCUT2D eigenvalue weighted by Crippen LogP contribution is 2.43. The molecule has 2 aliphatic heterocycles. The van der Waals surface area contributed by atoms with E-state index in [-0.39, 0.29) is 18.1 Å². The summed E-state index contributed by atoms with van der Waals surface area (Å²) in [6.07, 6.45) is 3.19. The van der Waals surface area contributed by atoms with Gasteiger partial charge in [-0.05, 0) is 40.0 Å². The number of hydrogen-bond donors (Lipinski definition) is 1. The summed E-state index contributed by atoms with van der Waals surface area (Å²) in [5, 5.41) is 10.5. The van der Waals surface area contributed by atoms with Crippen LogP contribution in [0.3, 0.4) is 0 Å². The minimum Gasteiger partial charge on any atom is -0.444 e. The van der Waals surface area contributed by atoms with Gasteiger partial charge < -0.3 is 24.2 Å². The topological polar surface area (TPSA) is 68.2 Å². The number of ether oxygens (including phenoxy) is 3. The molecular weight excluding hydrogens is 298 g/mol. The second-order valence-corrected chi connectivity index (χ2v) is 7.96. The molecule has 3 unspecified atom stereocenters. The van der Waals surface area contributed by atoms with E-state index in [9.17, 15) is 9.90 Å². The fourth-order valence-corrected chi connectivity index (χ4v) is 4.12. The quantitative estimate of drug-likeness (QED) is 0.800. The molecule has 1 saturated carbocycles. The first-order valence-corrected chi connectivity index (χ1v) is 8.75. The van der Waals surface area contributed by atoms with E-state index in [1.807, 2.05) is 20.8 Å². The molecule has 0 aromatic rings. The molecule has 3 fully saturated rings. The molecule has 6 nitrogen and oxygen atoms in total. The van der Waals surface area contributed by atoms with Crippen LogP contribution in [0, 0.1) is 5.92 Å². The largest absolute Gasteiger partial charge is 0.444 e. The van der Waals surface area contributed by atoms with Crippen molar-refractivity contribution < 1.29 is 24.1 Å². The summed E-state index contributed by atoms with van der Waals surface area (Å²) in [6, 6.07) is 0.00447. The number of likely N-dealkylation sites (tertiary alicyclic amines) is 1. The first-order valence-electron chi connectivity index (χ1n) is 8.75. The van der Waals surface area contributed by atoms with Gasteiger partial charge in [0.05, 0.1) is 19.3 Å². The number of amides is 1. The predicted octanol–water partition coefficient (Wildman–Crippen LogP) is 2.29. The van der Waals surface area contributed by atoms with Crippen LogP contribution in [0.15, 0.2) is 0 Å². The average Bonchev–Trinajstić information content (AvgIpc) is 3.10. The highest BCUT2D eigenvalue weighted by atomic mass is 16.7. The van der Waals surface area contributed by atoms with E-state index in [0.717, 1.165) is 19.3 Å². The second kappa shape index (κ2) is 6.22. The van der Waals surface area contributed by atoms with Crippen molar-refractivity contribution in [2.45, 2.75) is 76.4 Å². The van der Waals surface area contributed by atoms with Crippen LogP contribution in [-0.2, 0) is 14.2 Å². The van der Waals surface area contributed by atoms with E-state index in [1.165, 1.54) is 0 Å². The monoisotopic (exact) mass is 327 g/mol. The smallest absolute Gasteiger partial charge is 0.410 e. The normalized spacial score (nSPS) is 34.1. The summed E-state index contributed by atoms with van der Waals surface area (Å²) < 4.78 is 17.2. The number of rotatable bonds is 1. The van der Waals surface area contributed by atoms with Gasteiger partial charge in [-0.3, -0.25) is 0 Å². The lowest BCUT2D eigenvalue weighted by Crippen LogP contribution is -2.51. The number of nitrogens with zero attached hydrogens (tertiary/aromatic N) is 1. The van der Waals surface area contributed by atoms with E-state index >= 15 is 0 Å². The zero-order valence-corrected chi connectivity index (χ0v) is 14.4. The Kier molecular flexibility index (Phi) is 4.60. The van der Waals surface area contributed by atoms with Gasteiger partial charge in [0.15, 0.2) is 5.79 Å². The third-order valence-corrected chi connectivity index (χ3v) is 5.10. The van der Waals surface area contributed by atoms with E-state index < -0.39 is 17.5 Å². The molecule has 132 valence electrons. The van der Waals surface area contributed by atoms with Gasteiger partial charge in [0.1, 0.15) is 5.60 Å². The molecular formula is C17H29NO5. The summed E-state index contributed by atoms with van der Waals surface area (Å²) >= 11 is 0. The average molecular weight is 327 g/mol. The highest BCUT2D eigenvalue weighted by molar-refractivity contribution is 5.69. The maximum absolute atomic E-state index is 12.5. The molecule has 1 aliphatic carbocycles. The molecule has 3 rings (SSSR count). The Morgan fingerprint density at radius 1 is 1.26 bits per heavy atom. The fraction of sp³-hybridized carbons (Fsp3) is 0.941. The van der Waals surface area contributed by atoms with Crippen molar-refractivity contribution in [1.82, 2.24) is 4.90 Å². The molecule has 1 spiro atoms. The summed E-state index contributed by atoms with van der Waals surface area (Å²) in [5.41, 5.74) is -0.506. The first kappa shape index (κ1) is 17.0. The lowest BCUT2D eigenvalue weighted by molar-refractivity contribution is -0.207. The van der Waals surface area contributed by atoms with Crippen LogP contribution >= 0.6 is 0 Å². The molecule has 3 atom stereocenters. The third kappa shape index (κ3) is 3.64. The molecule has 1 N–H and O–H groups in total. The maximum Gasteiger partial charge on any atom is 0.410 e. The van der Waals surface area contributed by atoms with Crippen molar-refractivity contribution in [2.75, 3.05) is 19.8 Å². The van der Waals surface area contributed by atoms with Crippen LogP contribution in [0.5, 0.6) is 0 Å². The van der Waals surface area contributed by atoms with Crippen molar-refractivity contribution in [2.24, 2.45) is 5.92 Å². The van der Waals surface area contributed by atoms with Crippen LogP contribution < -0.4 is 0 Å². The van der Waals surface area contributed by atoms with Crippen molar-refractivity contribution in [3.8, 4) is 0 Å². The minimum absolute atomic E-state index is 0.00447. The Balaban J connectivity index is 1.71. The number of aliphatic hydroxyl groups excluding tert-OH is 1. The summed E-state index contributed by atoms with van der Waals surface area (Å²) in [6.45, 7) is 7.55. The fourth-order valence-electron chi connectivity index (χ4n) is 4.12. The second-order valence-electron chi connectivity index (χ2n) is 7.96. The summed E-state index contributed by atoms with van der Waals surface area (Å²) in [7, 11) is 0. The Hall–Kier alpha value is -0.850. The van der Waals surface area contributed by atoms with Gasteiger partial charge in [0.2, 0.25) is 0 Å². The Bertz CT molecular complexity index is 441. The molecule has 2 heterocycles. The first-order chi connectivity index (χ1) is 10.8. The highest BCUT2D eigenvalue weighted by Gasteiger charge is 2.49. The molecule has 3 aliphatic rings. The third-order valence-electron chi connectivity index (χ3n) is 5.10. The number of carbonyl (C=O) groups excluding carboxylic acids is 1. The van der Waals surface area contributed by atoms with E-state index in [1.54, 1.807) is 4.90 Å². The van der Waals surface area contributed by atoms with Gasteiger partial charge in [-0.15, -0.1) is 0 Å². The van der Waals surface area contributed by atoms with Crippen LogP contribution in [-0.4, -0.2) is 59.4 Å². The zero-order chi connectivity index (χ0) is 16.7. The van der Waals surface area contributed by atoms with Gasteiger partial charge in [-0.25, -0.2) is 4.79 Å². The molecule has 1 amide bonds. The van der Waals surface area contributed by atoms with Crippen molar-refractivity contribution in [3.05, 3.63) is 0 Å². The predicted molar refractivity (Wildman–Crippen MR) is 83.9 cm³/mol. The zero-order valence-electron chi connectivity index (χ0n) is 14.4. The Morgan fingerprint density at radius 3 is 2.61 bits per heavy atom. The van der Waals surface area contributed by atoms with E-state index in [2.05, 4.69) is 0 Å².